The maximum Gasteiger partial charge on any atom is 0.364 e. The first-order valence-corrected chi connectivity index (χ1v) is 6.38. The van der Waals surface area contributed by atoms with Crippen LogP contribution in [0.1, 0.15) is 0 Å². The van der Waals surface area contributed by atoms with Gasteiger partial charge in [-0.2, -0.15) is 0 Å². The van der Waals surface area contributed by atoms with Crippen LogP contribution in [0.2, 0.25) is 5.15 Å². The van der Waals surface area contributed by atoms with Crippen LogP contribution in [0.25, 0.3) is 0 Å². The van der Waals surface area contributed by atoms with Gasteiger partial charge in [-0.25, -0.2) is 4.98 Å². The van der Waals surface area contributed by atoms with Crippen molar-refractivity contribution in [3.8, 4) is 0 Å². The van der Waals surface area contributed by atoms with Gasteiger partial charge in [0, 0.05) is 10.2 Å². The zero-order valence-electron chi connectivity index (χ0n) is 8.18. The number of benzene rings is 1. The van der Waals surface area contributed by atoms with E-state index >= 15 is 0 Å². The number of halogens is 2. The molecule has 1 aromatic carbocycles. The molecule has 0 amide bonds. The van der Waals surface area contributed by atoms with Crippen LogP contribution in [0.4, 0.5) is 15.8 Å². The molecule has 2 rings (SSSR count). The van der Waals surface area contributed by atoms with Crippen LogP contribution in [0.5, 0.6) is 0 Å². The molecule has 8 heteroatoms. The number of thiazole rings is 1. The highest BCUT2D eigenvalue weighted by atomic mass is 79.9. The van der Waals surface area contributed by atoms with Crippen molar-refractivity contribution in [3.05, 3.63) is 44.0 Å². The smallest absolute Gasteiger partial charge is 0.331 e. The van der Waals surface area contributed by atoms with Gasteiger partial charge in [-0.15, -0.1) is 0 Å². The molecular weight excluding hydrogens is 330 g/mol. The fourth-order valence-electron chi connectivity index (χ4n) is 1.15. The predicted molar refractivity (Wildman–Crippen MR) is 71.2 cm³/mol. The summed E-state index contributed by atoms with van der Waals surface area (Å²) < 4.78 is 0.902. The number of nitro groups is 1. The van der Waals surface area contributed by atoms with E-state index in [-0.39, 0.29) is 10.2 Å². The molecule has 0 bridgehead atoms. The van der Waals surface area contributed by atoms with E-state index in [2.05, 4.69) is 26.2 Å². The molecule has 0 aliphatic rings. The molecule has 0 saturated heterocycles. The van der Waals surface area contributed by atoms with Gasteiger partial charge in [0.2, 0.25) is 5.15 Å². The van der Waals surface area contributed by atoms with E-state index in [1.807, 2.05) is 24.3 Å². The summed E-state index contributed by atoms with van der Waals surface area (Å²) >= 11 is 9.87. The Morgan fingerprint density at radius 1 is 1.53 bits per heavy atom. The van der Waals surface area contributed by atoms with E-state index in [0.717, 1.165) is 21.5 Å². The molecule has 0 unspecified atom stereocenters. The topological polar surface area (TPSA) is 68.1 Å². The second kappa shape index (κ2) is 4.99. The number of hydrogen-bond acceptors (Lipinski definition) is 5. The first kappa shape index (κ1) is 12.3. The van der Waals surface area contributed by atoms with Gasteiger partial charge in [0.1, 0.15) is 0 Å². The average molecular weight is 335 g/mol. The number of nitrogens with zero attached hydrogens (tertiary/aromatic N) is 2. The van der Waals surface area contributed by atoms with Crippen molar-refractivity contribution >= 4 is 54.7 Å². The Hall–Kier alpha value is -1.18. The molecule has 0 fully saturated rings. The summed E-state index contributed by atoms with van der Waals surface area (Å²) in [5.41, 5.74) is 0.777. The Labute approximate surface area is 114 Å². The van der Waals surface area contributed by atoms with Crippen LogP contribution in [-0.2, 0) is 0 Å². The summed E-state index contributed by atoms with van der Waals surface area (Å²) in [5, 5.41) is 13.7. The quantitative estimate of drug-likeness (QED) is 0.674. The lowest BCUT2D eigenvalue weighted by molar-refractivity contribution is -0.380. The number of hydrogen-bond donors (Lipinski definition) is 1. The van der Waals surface area contributed by atoms with Gasteiger partial charge in [0.15, 0.2) is 5.13 Å². The molecule has 1 heterocycles. The van der Waals surface area contributed by atoms with Gasteiger partial charge >= 0.3 is 5.00 Å². The molecule has 17 heavy (non-hydrogen) atoms. The highest BCUT2D eigenvalue weighted by Crippen LogP contribution is 2.35. The molecule has 0 spiro atoms. The van der Waals surface area contributed by atoms with Crippen molar-refractivity contribution in [2.24, 2.45) is 0 Å². The summed E-state index contributed by atoms with van der Waals surface area (Å²) in [4.78, 5) is 13.9. The van der Waals surface area contributed by atoms with Gasteiger partial charge < -0.3 is 5.32 Å². The van der Waals surface area contributed by atoms with Crippen LogP contribution in [-0.4, -0.2) is 9.91 Å². The molecule has 1 aromatic heterocycles. The van der Waals surface area contributed by atoms with Crippen LogP contribution in [0.3, 0.4) is 0 Å². The molecule has 1 N–H and O–H groups in total. The lowest BCUT2D eigenvalue weighted by atomic mass is 10.3. The van der Waals surface area contributed by atoms with E-state index < -0.39 is 4.92 Å². The summed E-state index contributed by atoms with van der Waals surface area (Å²) in [7, 11) is 0. The van der Waals surface area contributed by atoms with Crippen molar-refractivity contribution in [1.82, 2.24) is 4.98 Å². The maximum absolute atomic E-state index is 10.6. The van der Waals surface area contributed by atoms with Gasteiger partial charge in [-0.05, 0) is 29.5 Å². The number of rotatable bonds is 3. The zero-order valence-corrected chi connectivity index (χ0v) is 11.3. The van der Waals surface area contributed by atoms with Gasteiger partial charge in [0.25, 0.3) is 0 Å². The molecule has 0 radical (unpaired) electrons. The third-order valence-corrected chi connectivity index (χ3v) is 3.60. The SMILES string of the molecule is O=[N+]([O-])c1sc(Nc2cccc(Br)c2)nc1Cl. The molecule has 2 aromatic rings. The summed E-state index contributed by atoms with van der Waals surface area (Å²) in [6.45, 7) is 0. The number of aromatic nitrogens is 1. The third-order valence-electron chi connectivity index (χ3n) is 1.81. The normalized spacial score (nSPS) is 10.2. The highest BCUT2D eigenvalue weighted by molar-refractivity contribution is 9.10. The lowest BCUT2D eigenvalue weighted by Gasteiger charge is -2.01. The minimum absolute atomic E-state index is 0.0995. The fraction of sp³-hybridized carbons (Fsp3) is 0. The lowest BCUT2D eigenvalue weighted by Crippen LogP contribution is -1.88. The second-order valence-electron chi connectivity index (χ2n) is 3.01. The maximum atomic E-state index is 10.6. The van der Waals surface area contributed by atoms with Gasteiger partial charge in [0.05, 0.1) is 4.92 Å². The van der Waals surface area contributed by atoms with Crippen molar-refractivity contribution in [1.29, 1.82) is 0 Å². The highest BCUT2D eigenvalue weighted by Gasteiger charge is 2.19. The standard InChI is InChI=1S/C9H5BrClN3O2S/c10-5-2-1-3-6(4-5)12-9-13-7(11)8(17-9)14(15)16/h1-4H,(H,12,13). The Morgan fingerprint density at radius 3 is 2.88 bits per heavy atom. The zero-order chi connectivity index (χ0) is 12.4. The van der Waals surface area contributed by atoms with Gasteiger partial charge in [-0.3, -0.25) is 10.1 Å². The van der Waals surface area contributed by atoms with Crippen molar-refractivity contribution in [2.75, 3.05) is 5.32 Å². The van der Waals surface area contributed by atoms with Gasteiger partial charge in [-0.1, -0.05) is 33.6 Å². The minimum Gasteiger partial charge on any atom is -0.331 e. The molecule has 0 saturated carbocycles. The van der Waals surface area contributed by atoms with Crippen LogP contribution < -0.4 is 5.32 Å². The monoisotopic (exact) mass is 333 g/mol. The Balaban J connectivity index is 2.25. The van der Waals surface area contributed by atoms with E-state index in [1.54, 1.807) is 0 Å². The second-order valence-corrected chi connectivity index (χ2v) is 5.26. The third kappa shape index (κ3) is 2.93. The van der Waals surface area contributed by atoms with Crippen molar-refractivity contribution < 1.29 is 4.92 Å². The number of nitrogens with one attached hydrogen (secondary N) is 1. The fourth-order valence-corrected chi connectivity index (χ4v) is 2.56. The largest absolute Gasteiger partial charge is 0.364 e. The first-order valence-electron chi connectivity index (χ1n) is 4.39. The Kier molecular flexibility index (Phi) is 3.60. The first-order chi connectivity index (χ1) is 8.06. The van der Waals surface area contributed by atoms with Crippen LogP contribution in [0, 0.1) is 10.1 Å². The Bertz CT molecular complexity index is 575. The van der Waals surface area contributed by atoms with Crippen LogP contribution in [0.15, 0.2) is 28.7 Å². The van der Waals surface area contributed by atoms with Crippen LogP contribution >= 0.6 is 38.9 Å². The number of anilines is 2. The van der Waals surface area contributed by atoms with E-state index in [1.165, 1.54) is 0 Å². The molecule has 0 atom stereocenters. The summed E-state index contributed by atoms with van der Waals surface area (Å²) in [5.74, 6) is 0. The summed E-state index contributed by atoms with van der Waals surface area (Å²) in [6, 6.07) is 7.38. The molecular formula is C9H5BrClN3O2S. The molecule has 0 aliphatic carbocycles. The Morgan fingerprint density at radius 2 is 2.29 bits per heavy atom. The van der Waals surface area contributed by atoms with E-state index in [9.17, 15) is 10.1 Å². The predicted octanol–water partition coefficient (Wildman–Crippen LogP) is 4.21. The molecule has 88 valence electrons. The van der Waals surface area contributed by atoms with Crippen molar-refractivity contribution in [3.63, 3.8) is 0 Å². The van der Waals surface area contributed by atoms with E-state index in [0.29, 0.717) is 5.13 Å². The molecule has 0 aliphatic heterocycles. The van der Waals surface area contributed by atoms with Crippen molar-refractivity contribution in [2.45, 2.75) is 0 Å². The summed E-state index contributed by atoms with van der Waals surface area (Å²) in [6.07, 6.45) is 0. The molecule has 5 nitrogen and oxygen atoms in total. The average Bonchev–Trinajstić information content (AvgIpc) is 2.59. The van der Waals surface area contributed by atoms with E-state index in [4.69, 9.17) is 11.6 Å². The minimum atomic E-state index is -0.550.